The highest BCUT2D eigenvalue weighted by atomic mass is 19.1. The molecule has 0 bridgehead atoms. The van der Waals surface area contributed by atoms with Gasteiger partial charge in [-0.15, -0.1) is 0 Å². The Kier molecular flexibility index (Phi) is 6.19. The summed E-state index contributed by atoms with van der Waals surface area (Å²) >= 11 is 0. The van der Waals surface area contributed by atoms with Gasteiger partial charge in [-0.25, -0.2) is 22.5 Å². The van der Waals surface area contributed by atoms with E-state index in [0.717, 1.165) is 25.5 Å². The topological polar surface area (TPSA) is 96.8 Å². The third kappa shape index (κ3) is 5.13. The van der Waals surface area contributed by atoms with E-state index in [1.807, 2.05) is 0 Å². The second kappa shape index (κ2) is 9.20. The number of aromatic nitrogens is 4. The lowest BCUT2D eigenvalue weighted by atomic mass is 9.93. The van der Waals surface area contributed by atoms with E-state index in [-0.39, 0.29) is 30.3 Å². The molecule has 1 fully saturated rings. The molecule has 1 aliphatic carbocycles. The van der Waals surface area contributed by atoms with Crippen LogP contribution in [-0.4, -0.2) is 31.7 Å². The molecule has 0 atom stereocenters. The minimum absolute atomic E-state index is 0.00702. The van der Waals surface area contributed by atoms with Gasteiger partial charge in [0.2, 0.25) is 11.9 Å². The maximum atomic E-state index is 14.0. The summed E-state index contributed by atoms with van der Waals surface area (Å²) in [6.07, 6.45) is 6.96. The number of carbonyl (C=O) groups excluding carboxylic acids is 1. The van der Waals surface area contributed by atoms with Crippen LogP contribution in [0.2, 0.25) is 0 Å². The summed E-state index contributed by atoms with van der Waals surface area (Å²) in [6.45, 7) is -0.413. The number of nitrogens with zero attached hydrogens (tertiary/aromatic N) is 4. The molecular formula is C20H19F4N7O. The van der Waals surface area contributed by atoms with Gasteiger partial charge in [0.15, 0.2) is 11.6 Å². The van der Waals surface area contributed by atoms with Crippen LogP contribution in [0.15, 0.2) is 30.7 Å². The number of halogens is 4. The van der Waals surface area contributed by atoms with E-state index in [2.05, 4.69) is 31.0 Å². The van der Waals surface area contributed by atoms with Crippen LogP contribution in [0, 0.1) is 23.3 Å². The van der Waals surface area contributed by atoms with Crippen molar-refractivity contribution in [3.63, 3.8) is 0 Å². The number of amides is 1. The van der Waals surface area contributed by atoms with Gasteiger partial charge in [-0.05, 0) is 19.3 Å². The lowest BCUT2D eigenvalue weighted by Crippen LogP contribution is -2.41. The number of benzene rings is 1. The van der Waals surface area contributed by atoms with Gasteiger partial charge in [-0.2, -0.15) is 10.1 Å². The lowest BCUT2D eigenvalue weighted by Gasteiger charge is -2.26. The summed E-state index contributed by atoms with van der Waals surface area (Å²) in [5, 5.41) is 12.3. The fourth-order valence-corrected chi connectivity index (χ4v) is 3.08. The number of carbonyl (C=O) groups is 1. The number of rotatable bonds is 8. The van der Waals surface area contributed by atoms with Crippen LogP contribution >= 0.6 is 0 Å². The molecule has 0 aliphatic heterocycles. The highest BCUT2D eigenvalue weighted by Crippen LogP contribution is 2.20. The summed E-state index contributed by atoms with van der Waals surface area (Å²) in [5.74, 6) is -4.56. The molecule has 12 heteroatoms. The normalized spacial score (nSPS) is 13.5. The molecule has 2 aromatic heterocycles. The van der Waals surface area contributed by atoms with Crippen molar-refractivity contribution in [2.45, 2.75) is 38.4 Å². The molecule has 0 saturated heterocycles. The molecular weight excluding hydrogens is 430 g/mol. The van der Waals surface area contributed by atoms with Crippen molar-refractivity contribution < 1.29 is 22.4 Å². The first-order chi connectivity index (χ1) is 15.4. The number of anilines is 3. The Balaban J connectivity index is 1.38. The second-order valence-electron chi connectivity index (χ2n) is 7.34. The predicted molar refractivity (Wildman–Crippen MR) is 107 cm³/mol. The second-order valence-corrected chi connectivity index (χ2v) is 7.34. The molecule has 1 saturated carbocycles. The number of hydrogen-bond acceptors (Lipinski definition) is 6. The van der Waals surface area contributed by atoms with E-state index in [1.165, 1.54) is 10.9 Å². The molecule has 32 heavy (non-hydrogen) atoms. The minimum Gasteiger partial charge on any atom is -0.363 e. The van der Waals surface area contributed by atoms with Crippen molar-refractivity contribution in [2.75, 3.05) is 10.6 Å². The van der Waals surface area contributed by atoms with E-state index in [1.54, 1.807) is 6.20 Å². The summed E-state index contributed by atoms with van der Waals surface area (Å²) < 4.78 is 56.0. The molecule has 3 aromatic rings. The Bertz CT molecular complexity index is 1110. The first-order valence-electron chi connectivity index (χ1n) is 9.86. The zero-order valence-electron chi connectivity index (χ0n) is 16.7. The zero-order valence-corrected chi connectivity index (χ0v) is 16.7. The molecule has 0 radical (unpaired) electrons. The molecule has 168 valence electrons. The lowest BCUT2D eigenvalue weighted by molar-refractivity contribution is -0.123. The Hall–Kier alpha value is -3.70. The van der Waals surface area contributed by atoms with Gasteiger partial charge in [0.25, 0.3) is 0 Å². The van der Waals surface area contributed by atoms with E-state index >= 15 is 0 Å². The maximum Gasteiger partial charge on any atom is 0.241 e. The summed E-state index contributed by atoms with van der Waals surface area (Å²) in [4.78, 5) is 19.7. The first kappa shape index (κ1) is 21.5. The van der Waals surface area contributed by atoms with Crippen LogP contribution in [0.1, 0.15) is 24.8 Å². The van der Waals surface area contributed by atoms with Crippen molar-refractivity contribution in [1.82, 2.24) is 25.1 Å². The van der Waals surface area contributed by atoms with Gasteiger partial charge < -0.3 is 16.0 Å². The summed E-state index contributed by atoms with van der Waals surface area (Å²) in [5.41, 5.74) is -0.00463. The SMILES string of the molecule is O=C(Cn1cc(Nc2ncc(F)c(NCc3c(F)cc(F)cc3F)n2)cn1)NC1CCC1. The summed E-state index contributed by atoms with van der Waals surface area (Å²) in [7, 11) is 0. The largest absolute Gasteiger partial charge is 0.363 e. The van der Waals surface area contributed by atoms with Gasteiger partial charge in [0.1, 0.15) is 24.0 Å². The van der Waals surface area contributed by atoms with Crippen molar-refractivity contribution in [3.8, 4) is 0 Å². The Morgan fingerprint density at radius 2 is 1.84 bits per heavy atom. The van der Waals surface area contributed by atoms with E-state index in [4.69, 9.17) is 0 Å². The van der Waals surface area contributed by atoms with Gasteiger partial charge in [-0.1, -0.05) is 0 Å². The third-order valence-corrected chi connectivity index (χ3v) is 4.95. The fraction of sp³-hybridized carbons (Fsp3) is 0.300. The zero-order chi connectivity index (χ0) is 22.7. The van der Waals surface area contributed by atoms with Crippen molar-refractivity contribution in [2.24, 2.45) is 0 Å². The van der Waals surface area contributed by atoms with E-state index in [0.29, 0.717) is 17.8 Å². The number of hydrogen-bond donors (Lipinski definition) is 3. The van der Waals surface area contributed by atoms with Crippen LogP contribution in [0.4, 0.5) is 35.0 Å². The van der Waals surface area contributed by atoms with Gasteiger partial charge >= 0.3 is 0 Å². The van der Waals surface area contributed by atoms with Crippen molar-refractivity contribution in [1.29, 1.82) is 0 Å². The summed E-state index contributed by atoms with van der Waals surface area (Å²) in [6, 6.07) is 1.30. The van der Waals surface area contributed by atoms with Crippen LogP contribution < -0.4 is 16.0 Å². The molecule has 1 aromatic carbocycles. The minimum atomic E-state index is -1.10. The van der Waals surface area contributed by atoms with E-state index < -0.39 is 35.4 Å². The first-order valence-corrected chi connectivity index (χ1v) is 9.86. The monoisotopic (exact) mass is 449 g/mol. The standard InChI is InChI=1S/C20H19F4N7O/c21-11-4-15(22)14(16(23)5-11)7-25-19-17(24)8-26-20(30-19)29-13-6-27-31(9-13)10-18(32)28-12-2-1-3-12/h4-6,8-9,12H,1-3,7,10H2,(H,28,32)(H2,25,26,29,30). The smallest absolute Gasteiger partial charge is 0.241 e. The molecule has 4 rings (SSSR count). The van der Waals surface area contributed by atoms with Crippen LogP contribution in [-0.2, 0) is 17.9 Å². The molecule has 2 heterocycles. The third-order valence-electron chi connectivity index (χ3n) is 4.95. The molecule has 0 unspecified atom stereocenters. The van der Waals surface area contributed by atoms with Gasteiger partial charge in [0, 0.05) is 36.5 Å². The molecule has 8 nitrogen and oxygen atoms in total. The molecule has 1 aliphatic rings. The predicted octanol–water partition coefficient (Wildman–Crippen LogP) is 3.25. The van der Waals surface area contributed by atoms with Gasteiger partial charge in [-0.3, -0.25) is 9.48 Å². The Morgan fingerprint density at radius 3 is 2.53 bits per heavy atom. The Labute approximate surface area is 180 Å². The Morgan fingerprint density at radius 1 is 1.09 bits per heavy atom. The highest BCUT2D eigenvalue weighted by molar-refractivity contribution is 5.76. The average Bonchev–Trinajstić information content (AvgIpc) is 3.13. The molecule has 1 amide bonds. The number of nitrogens with one attached hydrogen (secondary N) is 3. The van der Waals surface area contributed by atoms with Crippen LogP contribution in [0.5, 0.6) is 0 Å². The van der Waals surface area contributed by atoms with Crippen LogP contribution in [0.3, 0.4) is 0 Å². The maximum absolute atomic E-state index is 14.0. The quantitative estimate of drug-likeness (QED) is 0.457. The molecule has 0 spiro atoms. The van der Waals surface area contributed by atoms with Gasteiger partial charge in [0.05, 0.1) is 18.1 Å². The fourth-order valence-electron chi connectivity index (χ4n) is 3.08. The van der Waals surface area contributed by atoms with Crippen molar-refractivity contribution in [3.05, 3.63) is 59.6 Å². The van der Waals surface area contributed by atoms with Crippen molar-refractivity contribution >= 4 is 23.4 Å². The molecule has 3 N–H and O–H groups in total. The average molecular weight is 449 g/mol. The van der Waals surface area contributed by atoms with Crippen LogP contribution in [0.25, 0.3) is 0 Å². The van der Waals surface area contributed by atoms with E-state index in [9.17, 15) is 22.4 Å². The highest BCUT2D eigenvalue weighted by Gasteiger charge is 2.19.